The molecule has 3 nitrogen and oxygen atoms in total. The van der Waals surface area contributed by atoms with Crippen molar-refractivity contribution in [1.82, 2.24) is 4.98 Å². The zero-order valence-corrected chi connectivity index (χ0v) is 20.2. The fourth-order valence-corrected chi connectivity index (χ4v) is 4.14. The largest absolute Gasteiger partial charge is 0.492 e. The van der Waals surface area contributed by atoms with Gasteiger partial charge in [0.15, 0.2) is 0 Å². The van der Waals surface area contributed by atoms with Gasteiger partial charge in [-0.25, -0.2) is 13.2 Å². The van der Waals surface area contributed by atoms with Crippen molar-refractivity contribution >= 4 is 10.8 Å². The maximum Gasteiger partial charge on any atom is 0.144 e. The Kier molecular flexibility index (Phi) is 8.22. The number of fused-ring (bicyclic) bond motifs is 1. The van der Waals surface area contributed by atoms with E-state index in [1.165, 1.54) is 6.07 Å². The molecule has 0 atom stereocenters. The Morgan fingerprint density at radius 1 is 0.861 bits per heavy atom. The molecule has 0 unspecified atom stereocenters. The van der Waals surface area contributed by atoms with Crippen molar-refractivity contribution in [2.75, 3.05) is 6.61 Å². The van der Waals surface area contributed by atoms with Crippen LogP contribution in [0.5, 0.6) is 5.75 Å². The Labute approximate surface area is 209 Å². The topological polar surface area (TPSA) is 45.9 Å². The van der Waals surface area contributed by atoms with E-state index in [9.17, 15) is 8.78 Å². The lowest BCUT2D eigenvalue weighted by atomic mass is 9.97. The minimum Gasteiger partial charge on any atom is -0.492 e. The van der Waals surface area contributed by atoms with E-state index >= 15 is 4.39 Å². The summed E-state index contributed by atoms with van der Waals surface area (Å²) in [5.41, 5.74) is 2.31. The molecule has 36 heavy (non-hydrogen) atoms. The summed E-state index contributed by atoms with van der Waals surface area (Å²) >= 11 is 0. The van der Waals surface area contributed by atoms with E-state index in [1.54, 1.807) is 18.3 Å². The molecule has 0 aliphatic carbocycles. The third kappa shape index (κ3) is 6.04. The second kappa shape index (κ2) is 11.7. The van der Waals surface area contributed by atoms with Gasteiger partial charge < -0.3 is 4.74 Å². The number of nitrogens with zero attached hydrogens (tertiary/aromatic N) is 2. The molecule has 1 heterocycles. The molecule has 0 radical (unpaired) electrons. The van der Waals surface area contributed by atoms with Gasteiger partial charge in [0.05, 0.1) is 12.8 Å². The summed E-state index contributed by atoms with van der Waals surface area (Å²) < 4.78 is 48.5. The molecule has 3 aromatic carbocycles. The number of rotatable bonds is 10. The van der Waals surface area contributed by atoms with Gasteiger partial charge >= 0.3 is 0 Å². The fourth-order valence-electron chi connectivity index (χ4n) is 4.14. The quantitative estimate of drug-likeness (QED) is 0.221. The average molecular weight is 489 g/mol. The Morgan fingerprint density at radius 3 is 2.33 bits per heavy atom. The second-order valence-electron chi connectivity index (χ2n) is 8.83. The number of pyridine rings is 1. The molecule has 1 aromatic heterocycles. The Balaban J connectivity index is 1.40. The van der Waals surface area contributed by atoms with Gasteiger partial charge in [-0.2, -0.15) is 5.26 Å². The third-order valence-corrected chi connectivity index (χ3v) is 6.23. The van der Waals surface area contributed by atoms with Crippen molar-refractivity contribution in [2.24, 2.45) is 0 Å². The molecule has 184 valence electrons. The summed E-state index contributed by atoms with van der Waals surface area (Å²) in [5.74, 6) is -1.34. The van der Waals surface area contributed by atoms with E-state index in [0.29, 0.717) is 23.1 Å². The zero-order valence-electron chi connectivity index (χ0n) is 20.2. The molecule has 4 aromatic rings. The van der Waals surface area contributed by atoms with Gasteiger partial charge in [-0.3, -0.25) is 4.98 Å². The van der Waals surface area contributed by atoms with Crippen LogP contribution < -0.4 is 4.74 Å². The van der Waals surface area contributed by atoms with Crippen molar-refractivity contribution in [2.45, 2.75) is 45.4 Å². The van der Waals surface area contributed by atoms with Crippen LogP contribution in [0, 0.1) is 28.8 Å². The van der Waals surface area contributed by atoms with Crippen molar-refractivity contribution in [1.29, 1.82) is 5.26 Å². The van der Waals surface area contributed by atoms with Gasteiger partial charge in [0.2, 0.25) is 0 Å². The highest BCUT2D eigenvalue weighted by molar-refractivity contribution is 5.84. The van der Waals surface area contributed by atoms with E-state index in [-0.39, 0.29) is 18.7 Å². The van der Waals surface area contributed by atoms with Crippen LogP contribution in [-0.4, -0.2) is 11.6 Å². The number of aromatic nitrogens is 1. The SMILES string of the molecule is CCCCOc1ccc(CCc2ccc3c(F)c(CCc4cc(F)c(C#N)c(F)c4)ccc3c2)nc1. The van der Waals surface area contributed by atoms with E-state index in [0.717, 1.165) is 60.2 Å². The first-order valence-corrected chi connectivity index (χ1v) is 12.1. The fraction of sp³-hybridized carbons (Fsp3) is 0.267. The summed E-state index contributed by atoms with van der Waals surface area (Å²) in [7, 11) is 0. The molecular weight excluding hydrogens is 461 g/mol. The molecular formula is C30H27F3N2O. The monoisotopic (exact) mass is 488 g/mol. The summed E-state index contributed by atoms with van der Waals surface area (Å²) in [6.45, 7) is 2.82. The first-order chi connectivity index (χ1) is 17.5. The Morgan fingerprint density at radius 2 is 1.64 bits per heavy atom. The molecule has 0 amide bonds. The molecule has 6 heteroatoms. The Hall–Kier alpha value is -3.85. The number of benzene rings is 3. The van der Waals surface area contributed by atoms with Crippen LogP contribution in [0.4, 0.5) is 13.2 Å². The molecule has 0 aliphatic heterocycles. The average Bonchev–Trinajstić information content (AvgIpc) is 2.88. The standard InChI is InChI=1S/C30H27F3N2O/c1-2-3-14-36-25-12-11-24(35-19-25)10-5-20-6-13-26-23(15-20)9-8-22(30(26)33)7-4-21-16-28(31)27(18-34)29(32)17-21/h6,8-9,11-13,15-17,19H,2-5,7,10,14H2,1H3. The number of hydrogen-bond donors (Lipinski definition) is 0. The maximum absolute atomic E-state index is 15.2. The number of aryl methyl sites for hydroxylation is 4. The lowest BCUT2D eigenvalue weighted by Gasteiger charge is -2.10. The van der Waals surface area contributed by atoms with Crippen LogP contribution in [0.3, 0.4) is 0 Å². The normalized spacial score (nSPS) is 11.0. The molecule has 0 saturated heterocycles. The van der Waals surface area contributed by atoms with Gasteiger partial charge in [-0.15, -0.1) is 0 Å². The molecule has 0 N–H and O–H groups in total. The molecule has 0 spiro atoms. The van der Waals surface area contributed by atoms with Gasteiger partial charge in [0, 0.05) is 11.1 Å². The van der Waals surface area contributed by atoms with Crippen LogP contribution >= 0.6 is 0 Å². The van der Waals surface area contributed by atoms with Crippen molar-refractivity contribution in [3.63, 3.8) is 0 Å². The van der Waals surface area contributed by atoms with Crippen molar-refractivity contribution < 1.29 is 17.9 Å². The zero-order chi connectivity index (χ0) is 25.5. The van der Waals surface area contributed by atoms with E-state index in [4.69, 9.17) is 10.00 Å². The molecule has 0 saturated carbocycles. The highest BCUT2D eigenvalue weighted by atomic mass is 19.1. The molecule has 0 fully saturated rings. The van der Waals surface area contributed by atoms with Crippen molar-refractivity contribution in [3.8, 4) is 11.8 Å². The number of nitriles is 1. The summed E-state index contributed by atoms with van der Waals surface area (Å²) in [6, 6.07) is 17.0. The second-order valence-corrected chi connectivity index (χ2v) is 8.83. The van der Waals surface area contributed by atoms with Gasteiger partial charge in [0.1, 0.15) is 34.8 Å². The van der Waals surface area contributed by atoms with Crippen LogP contribution in [0.1, 0.15) is 47.7 Å². The minimum atomic E-state index is -0.898. The summed E-state index contributed by atoms with van der Waals surface area (Å²) in [6.07, 6.45) is 5.94. The number of hydrogen-bond acceptors (Lipinski definition) is 3. The number of ether oxygens (including phenoxy) is 1. The predicted octanol–water partition coefficient (Wildman–Crippen LogP) is 7.27. The molecule has 4 rings (SSSR count). The lowest BCUT2D eigenvalue weighted by molar-refractivity contribution is 0.308. The van der Waals surface area contributed by atoms with E-state index < -0.39 is 17.2 Å². The summed E-state index contributed by atoms with van der Waals surface area (Å²) in [5, 5.41) is 10.1. The first kappa shape index (κ1) is 25.2. The highest BCUT2D eigenvalue weighted by Gasteiger charge is 2.13. The first-order valence-electron chi connectivity index (χ1n) is 12.1. The van der Waals surface area contributed by atoms with Crippen LogP contribution in [0.25, 0.3) is 10.8 Å². The van der Waals surface area contributed by atoms with Gasteiger partial charge in [-0.05, 0) is 78.4 Å². The minimum absolute atomic E-state index is 0.259. The molecule has 0 aliphatic rings. The predicted molar refractivity (Wildman–Crippen MR) is 134 cm³/mol. The maximum atomic E-state index is 15.2. The number of halogens is 3. The van der Waals surface area contributed by atoms with E-state index in [1.807, 2.05) is 30.3 Å². The highest BCUT2D eigenvalue weighted by Crippen LogP contribution is 2.25. The van der Waals surface area contributed by atoms with E-state index in [2.05, 4.69) is 11.9 Å². The van der Waals surface area contributed by atoms with Crippen molar-refractivity contribution in [3.05, 3.63) is 106 Å². The molecule has 0 bridgehead atoms. The summed E-state index contributed by atoms with van der Waals surface area (Å²) in [4.78, 5) is 4.48. The lowest BCUT2D eigenvalue weighted by Crippen LogP contribution is -2.00. The van der Waals surface area contributed by atoms with Crippen LogP contribution in [0.15, 0.2) is 60.8 Å². The van der Waals surface area contributed by atoms with Crippen LogP contribution in [0.2, 0.25) is 0 Å². The third-order valence-electron chi connectivity index (χ3n) is 6.23. The number of unbranched alkanes of at least 4 members (excludes halogenated alkanes) is 1. The van der Waals surface area contributed by atoms with Crippen LogP contribution in [-0.2, 0) is 25.7 Å². The Bertz CT molecular complexity index is 1370. The smallest absolute Gasteiger partial charge is 0.144 e. The van der Waals surface area contributed by atoms with Gasteiger partial charge in [-0.1, -0.05) is 43.7 Å². The van der Waals surface area contributed by atoms with Gasteiger partial charge in [0.25, 0.3) is 0 Å².